The lowest BCUT2D eigenvalue weighted by Gasteiger charge is -2.41. The van der Waals surface area contributed by atoms with Crippen molar-refractivity contribution in [3.63, 3.8) is 0 Å². The quantitative estimate of drug-likeness (QED) is 0.0401. The number of nitrogens with one attached hydrogen (secondary N) is 3. The average Bonchev–Trinajstić information content (AvgIpc) is 1.23. The van der Waals surface area contributed by atoms with E-state index in [1.54, 1.807) is 78.0 Å². The zero-order valence-electron chi connectivity index (χ0n) is 61.7. The van der Waals surface area contributed by atoms with Crippen LogP contribution >= 0.6 is 0 Å². The van der Waals surface area contributed by atoms with Gasteiger partial charge >= 0.3 is 5.97 Å². The molecule has 3 aromatic carbocycles. The molecule has 24 heteroatoms. The number of hydrogen-bond acceptors (Lipinski definition) is 15. The van der Waals surface area contributed by atoms with E-state index >= 15 is 0 Å². The van der Waals surface area contributed by atoms with E-state index in [0.29, 0.717) is 85.1 Å². The van der Waals surface area contributed by atoms with Crippen molar-refractivity contribution in [1.82, 2.24) is 35.6 Å². The van der Waals surface area contributed by atoms with Crippen LogP contribution in [-0.2, 0) is 91.0 Å². The zero-order chi connectivity index (χ0) is 73.8. The number of carboxylic acids is 1. The molecule has 9 atom stereocenters. The normalized spacial score (nSPS) is 15.3. The summed E-state index contributed by atoms with van der Waals surface area (Å²) < 4.78 is 34.5. The van der Waals surface area contributed by atoms with Gasteiger partial charge in [0.2, 0.25) is 47.3 Å². The lowest BCUT2D eigenvalue weighted by Crippen LogP contribution is -2.60. The number of aliphatic carboxylic acids is 1. The standard InChI is InChI=1S/C76H116N8O16/c1-15-54(8)71(63(95-13)50-68(89)83-39-26-33-62(83)72(96-14)55(9)73(90)78-60(76(93)94)49-56-27-19-18-20-28-56)82(12)75(92)69(52(4)5)79-74(91)70(53(6)7)81(11)66(87)35-25-34-65(86)80(10)40-42-98-44-46-100-48-47-99-45-43-97-41-38-77-64(85)36-37-67(88)84(61-32-24-23-30-58(61)17-3)51-59-31-22-21-29-57(59)16-2/h17-24,27-32,52-55,60,62-63,69-72H,3,15-16,25-26,33-51H2,1-2,4-14H3,(H,77,85)(H,78,90)(H,79,91)(H,93,94)/t54-,55+,60-,62-,63+,69-,70-,71-,72+/m0/s1. The predicted molar refractivity (Wildman–Crippen MR) is 385 cm³/mol. The van der Waals surface area contributed by atoms with Crippen molar-refractivity contribution in [1.29, 1.82) is 0 Å². The molecule has 4 N–H and O–H groups in total. The monoisotopic (exact) mass is 1400 g/mol. The number of anilines is 1. The summed E-state index contributed by atoms with van der Waals surface area (Å²) in [6.07, 6.45) is 3.29. The summed E-state index contributed by atoms with van der Waals surface area (Å²) in [5, 5.41) is 18.5. The third-order valence-corrected chi connectivity index (χ3v) is 18.7. The number of aryl methyl sites for hydroxylation is 1. The van der Waals surface area contributed by atoms with Crippen molar-refractivity contribution in [3.8, 4) is 0 Å². The van der Waals surface area contributed by atoms with Crippen molar-refractivity contribution in [3.05, 3.63) is 108 Å². The number of amides is 8. The zero-order valence-corrected chi connectivity index (χ0v) is 61.7. The molecule has 1 aliphatic rings. The number of hydrogen-bond donors (Lipinski definition) is 4. The van der Waals surface area contributed by atoms with Crippen LogP contribution in [0, 0.1) is 23.7 Å². The predicted octanol–water partition coefficient (Wildman–Crippen LogP) is 7.37. The summed E-state index contributed by atoms with van der Waals surface area (Å²) in [6.45, 7) is 22.9. The first kappa shape index (κ1) is 84.8. The van der Waals surface area contributed by atoms with Gasteiger partial charge in [0.15, 0.2) is 0 Å². The largest absolute Gasteiger partial charge is 0.480 e. The first-order chi connectivity index (χ1) is 47.8. The Kier molecular flexibility index (Phi) is 38.4. The summed E-state index contributed by atoms with van der Waals surface area (Å²) in [7, 11) is 7.83. The van der Waals surface area contributed by atoms with E-state index in [1.807, 2.05) is 90.1 Å². The van der Waals surface area contributed by atoms with Gasteiger partial charge in [0.05, 0.1) is 102 Å². The number of carbonyl (C=O) groups is 9. The Labute approximate surface area is 593 Å². The number of para-hydroxylation sites is 1. The fourth-order valence-corrected chi connectivity index (χ4v) is 12.7. The first-order valence-corrected chi connectivity index (χ1v) is 35.5. The van der Waals surface area contributed by atoms with Gasteiger partial charge in [-0.1, -0.05) is 147 Å². The van der Waals surface area contributed by atoms with Crippen molar-refractivity contribution in [2.24, 2.45) is 23.7 Å². The van der Waals surface area contributed by atoms with E-state index < -0.39 is 72.0 Å². The lowest BCUT2D eigenvalue weighted by atomic mass is 9.89. The van der Waals surface area contributed by atoms with Gasteiger partial charge in [-0.3, -0.25) is 38.4 Å². The van der Waals surface area contributed by atoms with E-state index in [2.05, 4.69) is 35.5 Å². The van der Waals surface area contributed by atoms with Gasteiger partial charge in [-0.15, -0.1) is 0 Å². The Morgan fingerprint density at radius 1 is 0.670 bits per heavy atom. The molecule has 1 fully saturated rings. The molecule has 3 aromatic rings. The molecule has 0 spiro atoms. The molecule has 4 rings (SSSR count). The SMILES string of the molecule is C=Cc1ccccc1N(Cc1ccccc1CC)C(=O)CCC(=O)NCCOCCOCCOCCOCCN(C)C(=O)CCCC(=O)N(C)[C@H](C(=O)N[C@H](C(=O)N(C)[C@@H]([C@@H](C)CC)[C@@H](CC(=O)N1CCC[C@H]1[C@H](OC)[C@@H](C)C(=O)N[C@@H](Cc1ccccc1)C(=O)O)OC)C(C)C)C(C)C. The minimum absolute atomic E-state index is 0.00990. The van der Waals surface area contributed by atoms with Crippen molar-refractivity contribution in [2.45, 2.75) is 175 Å². The van der Waals surface area contributed by atoms with Crippen LogP contribution in [0.4, 0.5) is 5.69 Å². The number of rotatable bonds is 48. The molecule has 0 unspecified atom stereocenters. The molecule has 0 aromatic heterocycles. The summed E-state index contributed by atoms with van der Waals surface area (Å²) in [6, 6.07) is 20.4. The fourth-order valence-electron chi connectivity index (χ4n) is 12.7. The highest BCUT2D eigenvalue weighted by Gasteiger charge is 2.44. The highest BCUT2D eigenvalue weighted by Crippen LogP contribution is 2.31. The van der Waals surface area contributed by atoms with E-state index in [1.165, 1.54) is 19.1 Å². The van der Waals surface area contributed by atoms with Gasteiger partial charge in [0.1, 0.15) is 18.1 Å². The van der Waals surface area contributed by atoms with Crippen LogP contribution in [0.1, 0.15) is 135 Å². The smallest absolute Gasteiger partial charge is 0.326 e. The molecule has 24 nitrogen and oxygen atoms in total. The Bertz CT molecular complexity index is 3040. The Morgan fingerprint density at radius 2 is 1.27 bits per heavy atom. The van der Waals surface area contributed by atoms with Crippen LogP contribution in [0.25, 0.3) is 6.08 Å². The summed E-state index contributed by atoms with van der Waals surface area (Å²) in [4.78, 5) is 131. The van der Waals surface area contributed by atoms with E-state index in [9.17, 15) is 48.3 Å². The average molecular weight is 1400 g/mol. The minimum Gasteiger partial charge on any atom is -0.480 e. The molecular formula is C76H116N8O16. The van der Waals surface area contributed by atoms with Crippen LogP contribution in [0.5, 0.6) is 0 Å². The number of likely N-dealkylation sites (tertiary alicyclic amines) is 1. The molecule has 556 valence electrons. The molecule has 1 aliphatic heterocycles. The molecule has 0 bridgehead atoms. The molecule has 1 heterocycles. The fraction of sp³-hybridized carbons (Fsp3) is 0.618. The first-order valence-electron chi connectivity index (χ1n) is 35.5. The third kappa shape index (κ3) is 27.1. The van der Waals surface area contributed by atoms with Gasteiger partial charge in [0, 0.05) is 87.1 Å². The van der Waals surface area contributed by atoms with Crippen LogP contribution in [0.2, 0.25) is 0 Å². The van der Waals surface area contributed by atoms with Crippen molar-refractivity contribution >= 4 is 65.0 Å². The number of likely N-dealkylation sites (N-methyl/N-ethyl adjacent to an activating group) is 3. The van der Waals surface area contributed by atoms with Gasteiger partial charge < -0.3 is 74.0 Å². The van der Waals surface area contributed by atoms with E-state index in [4.69, 9.17) is 28.4 Å². The maximum Gasteiger partial charge on any atom is 0.326 e. The second-order valence-corrected chi connectivity index (χ2v) is 26.4. The second kappa shape index (κ2) is 45.3. The summed E-state index contributed by atoms with van der Waals surface area (Å²) >= 11 is 0. The van der Waals surface area contributed by atoms with E-state index in [0.717, 1.165) is 34.4 Å². The van der Waals surface area contributed by atoms with Gasteiger partial charge in [-0.25, -0.2) is 4.79 Å². The number of carboxylic acid groups (broad SMARTS) is 1. The molecular weight excluding hydrogens is 1280 g/mol. The highest BCUT2D eigenvalue weighted by molar-refractivity contribution is 5.97. The molecule has 1 saturated heterocycles. The van der Waals surface area contributed by atoms with Gasteiger partial charge in [-0.05, 0) is 71.8 Å². The number of benzene rings is 3. The van der Waals surface area contributed by atoms with Gasteiger partial charge in [0.25, 0.3) is 0 Å². The molecule has 0 radical (unpaired) electrons. The Balaban J connectivity index is 1.13. The Morgan fingerprint density at radius 3 is 1.86 bits per heavy atom. The molecule has 100 heavy (non-hydrogen) atoms. The second-order valence-electron chi connectivity index (χ2n) is 26.4. The number of methoxy groups -OCH3 is 2. The number of nitrogens with zero attached hydrogens (tertiary/aromatic N) is 5. The maximum absolute atomic E-state index is 14.8. The van der Waals surface area contributed by atoms with Gasteiger partial charge in [-0.2, -0.15) is 0 Å². The van der Waals surface area contributed by atoms with Crippen LogP contribution in [0.15, 0.2) is 85.4 Å². The summed E-state index contributed by atoms with van der Waals surface area (Å²) in [5.41, 5.74) is 4.55. The lowest BCUT2D eigenvalue weighted by molar-refractivity contribution is -0.149. The third-order valence-electron chi connectivity index (χ3n) is 18.7. The minimum atomic E-state index is -1.18. The van der Waals surface area contributed by atoms with Crippen LogP contribution in [0.3, 0.4) is 0 Å². The summed E-state index contributed by atoms with van der Waals surface area (Å²) in [5.74, 6) is -5.45. The van der Waals surface area contributed by atoms with Crippen LogP contribution in [-0.4, -0.2) is 228 Å². The topological polar surface area (TPSA) is 282 Å². The van der Waals surface area contributed by atoms with Crippen molar-refractivity contribution in [2.75, 3.05) is 113 Å². The van der Waals surface area contributed by atoms with E-state index in [-0.39, 0.29) is 105 Å². The number of carbonyl (C=O) groups excluding carboxylic acids is 8. The van der Waals surface area contributed by atoms with Crippen molar-refractivity contribution < 1.29 is 76.7 Å². The molecule has 8 amide bonds. The maximum atomic E-state index is 14.8. The highest BCUT2D eigenvalue weighted by atomic mass is 16.6. The molecule has 0 saturated carbocycles. The molecule has 0 aliphatic carbocycles. The Hall–Kier alpha value is -7.61. The van der Waals surface area contributed by atoms with Crippen LogP contribution < -0.4 is 20.9 Å². The number of ether oxygens (including phenoxy) is 6.